The molecule has 0 saturated carbocycles. The molecule has 7 heteroatoms. The summed E-state index contributed by atoms with van der Waals surface area (Å²) in [6.45, 7) is 6.75. The van der Waals surface area contributed by atoms with Gasteiger partial charge < -0.3 is 26.0 Å². The molecular formula is C16H26N4O3. The number of ether oxygens (including phenoxy) is 1. The number of urea groups is 1. The van der Waals surface area contributed by atoms with Crippen molar-refractivity contribution in [2.45, 2.75) is 32.8 Å². The molecule has 3 amide bonds. The van der Waals surface area contributed by atoms with Crippen LogP contribution < -0.4 is 21.3 Å². The molecule has 0 unspecified atom stereocenters. The van der Waals surface area contributed by atoms with Crippen LogP contribution in [0.1, 0.15) is 27.2 Å². The molecule has 1 aromatic carbocycles. The first-order valence-electron chi connectivity index (χ1n) is 7.59. The largest absolute Gasteiger partial charge is 0.444 e. The van der Waals surface area contributed by atoms with E-state index in [4.69, 9.17) is 4.74 Å². The number of hydrogen-bond acceptors (Lipinski definition) is 4. The summed E-state index contributed by atoms with van der Waals surface area (Å²) in [7, 11) is 1.57. The first-order valence-corrected chi connectivity index (χ1v) is 7.59. The molecule has 23 heavy (non-hydrogen) atoms. The van der Waals surface area contributed by atoms with E-state index in [1.54, 1.807) is 7.05 Å². The standard InChI is InChI=1S/C16H26N4O3/c1-16(2,3)23-15(22)19-11-5-10-18-12-6-8-13(9-7-12)20-14(21)17-4/h6-9,18H,5,10-11H2,1-4H3,(H,19,22)(H2,17,20,21). The maximum Gasteiger partial charge on any atom is 0.407 e. The molecule has 1 aromatic rings. The predicted molar refractivity (Wildman–Crippen MR) is 91.9 cm³/mol. The Balaban J connectivity index is 2.21. The lowest BCUT2D eigenvalue weighted by atomic mass is 10.2. The number of carbonyl (C=O) groups excluding carboxylic acids is 2. The predicted octanol–water partition coefficient (Wildman–Crippen LogP) is 2.76. The van der Waals surface area contributed by atoms with Crippen molar-refractivity contribution in [3.05, 3.63) is 24.3 Å². The van der Waals surface area contributed by atoms with Gasteiger partial charge in [0.05, 0.1) is 0 Å². The summed E-state index contributed by atoms with van der Waals surface area (Å²) in [6.07, 6.45) is 0.374. The van der Waals surface area contributed by atoms with E-state index in [0.717, 1.165) is 24.3 Å². The number of amides is 3. The number of rotatable bonds is 6. The summed E-state index contributed by atoms with van der Waals surface area (Å²) in [4.78, 5) is 22.6. The lowest BCUT2D eigenvalue weighted by Crippen LogP contribution is -2.33. The van der Waals surface area contributed by atoms with Gasteiger partial charge in [0, 0.05) is 31.5 Å². The maximum atomic E-state index is 11.4. The fourth-order valence-electron chi connectivity index (χ4n) is 1.69. The smallest absolute Gasteiger partial charge is 0.407 e. The SMILES string of the molecule is CNC(=O)Nc1ccc(NCCCNC(=O)OC(C)(C)C)cc1. The number of hydrogen-bond donors (Lipinski definition) is 4. The molecule has 128 valence electrons. The van der Waals surface area contributed by atoms with Gasteiger partial charge in [0.25, 0.3) is 0 Å². The Morgan fingerprint density at radius 2 is 1.65 bits per heavy atom. The Bertz CT molecular complexity index is 509. The maximum absolute atomic E-state index is 11.4. The molecule has 0 aromatic heterocycles. The second kappa shape index (κ2) is 8.87. The molecule has 1 rings (SSSR count). The van der Waals surface area contributed by atoms with Gasteiger partial charge >= 0.3 is 12.1 Å². The Labute approximate surface area is 137 Å². The summed E-state index contributed by atoms with van der Waals surface area (Å²) < 4.78 is 5.15. The Morgan fingerprint density at radius 3 is 2.22 bits per heavy atom. The van der Waals surface area contributed by atoms with Gasteiger partial charge in [-0.25, -0.2) is 9.59 Å². The highest BCUT2D eigenvalue weighted by Gasteiger charge is 2.15. The quantitative estimate of drug-likeness (QED) is 0.606. The fourth-order valence-corrected chi connectivity index (χ4v) is 1.69. The van der Waals surface area contributed by atoms with Crippen molar-refractivity contribution in [1.82, 2.24) is 10.6 Å². The van der Waals surface area contributed by atoms with Crippen LogP contribution in [0.2, 0.25) is 0 Å². The van der Waals surface area contributed by atoms with Crippen LogP contribution in [-0.2, 0) is 4.74 Å². The summed E-state index contributed by atoms with van der Waals surface area (Å²) in [5.41, 5.74) is 1.19. The van der Waals surface area contributed by atoms with Gasteiger partial charge in [-0.2, -0.15) is 0 Å². The van der Waals surface area contributed by atoms with Crippen molar-refractivity contribution < 1.29 is 14.3 Å². The van der Waals surface area contributed by atoms with Gasteiger partial charge in [0.1, 0.15) is 5.60 Å². The van der Waals surface area contributed by atoms with E-state index in [9.17, 15) is 9.59 Å². The van der Waals surface area contributed by atoms with Crippen LogP contribution in [0.5, 0.6) is 0 Å². The summed E-state index contributed by atoms with van der Waals surface area (Å²) in [5, 5.41) is 11.1. The lowest BCUT2D eigenvalue weighted by molar-refractivity contribution is 0.0527. The van der Waals surface area contributed by atoms with Gasteiger partial charge in [-0.05, 0) is 51.5 Å². The number of alkyl carbamates (subject to hydrolysis) is 1. The van der Waals surface area contributed by atoms with Crippen LogP contribution in [0.4, 0.5) is 21.0 Å². The molecular weight excluding hydrogens is 296 g/mol. The zero-order valence-corrected chi connectivity index (χ0v) is 14.2. The Hall–Kier alpha value is -2.44. The minimum Gasteiger partial charge on any atom is -0.444 e. The van der Waals surface area contributed by atoms with Crippen molar-refractivity contribution in [1.29, 1.82) is 0 Å². The molecule has 0 bridgehead atoms. The van der Waals surface area contributed by atoms with Gasteiger partial charge in [-0.3, -0.25) is 0 Å². The third-order valence-electron chi connectivity index (χ3n) is 2.72. The first kappa shape index (κ1) is 18.6. The first-order chi connectivity index (χ1) is 10.8. The van der Waals surface area contributed by atoms with Crippen molar-refractivity contribution in [3.63, 3.8) is 0 Å². The number of carbonyl (C=O) groups is 2. The molecule has 0 spiro atoms. The van der Waals surface area contributed by atoms with Gasteiger partial charge in [-0.1, -0.05) is 0 Å². The van der Waals surface area contributed by atoms with E-state index >= 15 is 0 Å². The molecule has 0 heterocycles. The van der Waals surface area contributed by atoms with Crippen LogP contribution in [0.25, 0.3) is 0 Å². The second-order valence-corrected chi connectivity index (χ2v) is 5.99. The van der Waals surface area contributed by atoms with E-state index in [2.05, 4.69) is 21.3 Å². The normalized spacial score (nSPS) is 10.6. The monoisotopic (exact) mass is 322 g/mol. The number of benzene rings is 1. The fraction of sp³-hybridized carbons (Fsp3) is 0.500. The lowest BCUT2D eigenvalue weighted by Gasteiger charge is -2.19. The minimum absolute atomic E-state index is 0.251. The number of nitrogens with one attached hydrogen (secondary N) is 4. The van der Waals surface area contributed by atoms with E-state index in [1.807, 2.05) is 45.0 Å². The van der Waals surface area contributed by atoms with Crippen LogP contribution in [-0.4, -0.2) is 37.9 Å². The van der Waals surface area contributed by atoms with Crippen LogP contribution >= 0.6 is 0 Å². The average molecular weight is 322 g/mol. The third kappa shape index (κ3) is 8.55. The zero-order chi connectivity index (χ0) is 17.3. The summed E-state index contributed by atoms with van der Waals surface area (Å²) >= 11 is 0. The summed E-state index contributed by atoms with van der Waals surface area (Å²) in [5.74, 6) is 0. The highest BCUT2D eigenvalue weighted by molar-refractivity contribution is 5.89. The molecule has 0 aliphatic rings. The second-order valence-electron chi connectivity index (χ2n) is 5.99. The van der Waals surface area contributed by atoms with E-state index in [0.29, 0.717) is 6.54 Å². The molecule has 0 fully saturated rings. The van der Waals surface area contributed by atoms with Gasteiger partial charge in [0.15, 0.2) is 0 Å². The highest BCUT2D eigenvalue weighted by Crippen LogP contribution is 2.13. The third-order valence-corrected chi connectivity index (χ3v) is 2.72. The van der Waals surface area contributed by atoms with Crippen molar-refractivity contribution in [2.75, 3.05) is 30.8 Å². The molecule has 0 aliphatic heterocycles. The Kier molecular flexibility index (Phi) is 7.18. The minimum atomic E-state index is -0.479. The molecule has 0 radical (unpaired) electrons. The van der Waals surface area contributed by atoms with Crippen LogP contribution in [0.3, 0.4) is 0 Å². The molecule has 0 aliphatic carbocycles. The molecule has 7 nitrogen and oxygen atoms in total. The summed E-state index contributed by atoms with van der Waals surface area (Å²) in [6, 6.07) is 7.14. The molecule has 4 N–H and O–H groups in total. The molecule has 0 atom stereocenters. The van der Waals surface area contributed by atoms with Crippen molar-refractivity contribution in [3.8, 4) is 0 Å². The van der Waals surface area contributed by atoms with Gasteiger partial charge in [-0.15, -0.1) is 0 Å². The van der Waals surface area contributed by atoms with Crippen molar-refractivity contribution >= 4 is 23.5 Å². The van der Waals surface area contributed by atoms with Crippen molar-refractivity contribution in [2.24, 2.45) is 0 Å². The van der Waals surface area contributed by atoms with E-state index in [1.165, 1.54) is 0 Å². The highest BCUT2D eigenvalue weighted by atomic mass is 16.6. The van der Waals surface area contributed by atoms with Crippen LogP contribution in [0.15, 0.2) is 24.3 Å². The van der Waals surface area contributed by atoms with E-state index < -0.39 is 11.7 Å². The van der Waals surface area contributed by atoms with Gasteiger partial charge in [0.2, 0.25) is 0 Å². The Morgan fingerprint density at radius 1 is 1.04 bits per heavy atom. The topological polar surface area (TPSA) is 91.5 Å². The molecule has 0 saturated heterocycles. The average Bonchev–Trinajstić information content (AvgIpc) is 2.46. The number of anilines is 2. The zero-order valence-electron chi connectivity index (χ0n) is 14.2. The van der Waals surface area contributed by atoms with Crippen LogP contribution in [0, 0.1) is 0 Å². The van der Waals surface area contributed by atoms with E-state index in [-0.39, 0.29) is 6.03 Å².